The third-order valence-electron chi connectivity index (χ3n) is 4.26. The fourth-order valence-corrected chi connectivity index (χ4v) is 2.63. The molecule has 3 heterocycles. The lowest BCUT2D eigenvalue weighted by molar-refractivity contribution is -0.107. The van der Waals surface area contributed by atoms with E-state index in [1.807, 2.05) is 24.3 Å². The van der Waals surface area contributed by atoms with Gasteiger partial charge in [-0.25, -0.2) is 4.98 Å². The zero-order valence-corrected chi connectivity index (χ0v) is 16.4. The van der Waals surface area contributed by atoms with Crippen LogP contribution < -0.4 is 11.1 Å². The standard InChI is InChI=1S/C21H23N7O/c1-14(2)15-9-21(28-25-13-15)27-20-5-4-18-19(26-20)8-16(12-24-18)17(10-22)11-23-6-3-7-29/h4-5,7-14H,3,6,22H2,1-2H3,(H,26,27,28). The largest absolute Gasteiger partial charge is 0.404 e. The Bertz CT molecular complexity index is 1060. The number of aliphatic imine (C=N–C) groups is 1. The number of allylic oxidation sites excluding steroid dienone is 1. The molecule has 8 heteroatoms. The molecule has 0 atom stereocenters. The molecule has 3 rings (SSSR count). The second kappa shape index (κ2) is 9.50. The molecule has 0 aliphatic rings. The van der Waals surface area contributed by atoms with E-state index >= 15 is 0 Å². The van der Waals surface area contributed by atoms with Gasteiger partial charge in [0.15, 0.2) is 5.82 Å². The lowest BCUT2D eigenvalue weighted by Crippen LogP contribution is -2.00. The van der Waals surface area contributed by atoms with E-state index in [4.69, 9.17) is 5.73 Å². The minimum atomic E-state index is 0.358. The average molecular weight is 389 g/mol. The number of aromatic nitrogens is 4. The van der Waals surface area contributed by atoms with E-state index in [9.17, 15) is 4.79 Å². The van der Waals surface area contributed by atoms with E-state index in [0.717, 1.165) is 22.9 Å². The van der Waals surface area contributed by atoms with Crippen LogP contribution in [0.4, 0.5) is 11.6 Å². The first-order chi connectivity index (χ1) is 14.1. The maximum atomic E-state index is 10.4. The molecule has 0 spiro atoms. The van der Waals surface area contributed by atoms with Crippen molar-refractivity contribution in [3.8, 4) is 0 Å². The number of pyridine rings is 2. The molecular formula is C21H23N7O. The Morgan fingerprint density at radius 3 is 2.83 bits per heavy atom. The van der Waals surface area contributed by atoms with Gasteiger partial charge in [0.25, 0.3) is 0 Å². The number of rotatable bonds is 8. The lowest BCUT2D eigenvalue weighted by Gasteiger charge is -2.09. The minimum absolute atomic E-state index is 0.358. The highest BCUT2D eigenvalue weighted by atomic mass is 16.1. The summed E-state index contributed by atoms with van der Waals surface area (Å²) in [6, 6.07) is 7.59. The first-order valence-electron chi connectivity index (χ1n) is 9.33. The third-order valence-corrected chi connectivity index (χ3v) is 4.26. The van der Waals surface area contributed by atoms with E-state index in [0.29, 0.717) is 41.6 Å². The summed E-state index contributed by atoms with van der Waals surface area (Å²) in [5, 5.41) is 11.4. The summed E-state index contributed by atoms with van der Waals surface area (Å²) in [4.78, 5) is 23.7. The van der Waals surface area contributed by atoms with Crippen LogP contribution in [0.25, 0.3) is 16.6 Å². The fraction of sp³-hybridized carbons (Fsp3) is 0.238. The van der Waals surface area contributed by atoms with Gasteiger partial charge < -0.3 is 15.8 Å². The molecular weight excluding hydrogens is 366 g/mol. The van der Waals surface area contributed by atoms with E-state index in [1.54, 1.807) is 18.6 Å². The van der Waals surface area contributed by atoms with E-state index < -0.39 is 0 Å². The molecule has 148 valence electrons. The maximum absolute atomic E-state index is 10.4. The van der Waals surface area contributed by atoms with Crippen LogP contribution in [0.5, 0.6) is 0 Å². The van der Waals surface area contributed by atoms with Gasteiger partial charge in [-0.3, -0.25) is 9.98 Å². The predicted molar refractivity (Wildman–Crippen MR) is 115 cm³/mol. The molecule has 0 amide bonds. The summed E-state index contributed by atoms with van der Waals surface area (Å²) in [5.41, 5.74) is 9.80. The number of anilines is 2. The van der Waals surface area contributed by atoms with Gasteiger partial charge in [0, 0.05) is 42.7 Å². The highest BCUT2D eigenvalue weighted by Gasteiger charge is 2.07. The molecule has 3 aromatic heterocycles. The van der Waals surface area contributed by atoms with Crippen molar-refractivity contribution < 1.29 is 4.79 Å². The van der Waals surface area contributed by atoms with Crippen molar-refractivity contribution >= 4 is 40.7 Å². The topological polar surface area (TPSA) is 119 Å². The van der Waals surface area contributed by atoms with Gasteiger partial charge in [0.2, 0.25) is 0 Å². The predicted octanol–water partition coefficient (Wildman–Crippen LogP) is 3.25. The van der Waals surface area contributed by atoms with Crippen molar-refractivity contribution in [2.24, 2.45) is 10.7 Å². The summed E-state index contributed by atoms with van der Waals surface area (Å²) >= 11 is 0. The molecule has 8 nitrogen and oxygen atoms in total. The monoisotopic (exact) mass is 389 g/mol. The summed E-state index contributed by atoms with van der Waals surface area (Å²) in [5.74, 6) is 1.64. The number of nitrogens with zero attached hydrogens (tertiary/aromatic N) is 5. The second-order valence-electron chi connectivity index (χ2n) is 6.73. The number of carbonyl (C=O) groups excluding carboxylic acids is 1. The average Bonchev–Trinajstić information content (AvgIpc) is 2.73. The minimum Gasteiger partial charge on any atom is -0.404 e. The van der Waals surface area contributed by atoms with Crippen LogP contribution in [0.2, 0.25) is 0 Å². The highest BCUT2D eigenvalue weighted by molar-refractivity contribution is 6.10. The van der Waals surface area contributed by atoms with E-state index in [1.165, 1.54) is 6.20 Å². The second-order valence-corrected chi connectivity index (χ2v) is 6.73. The van der Waals surface area contributed by atoms with Crippen LogP contribution in [0.3, 0.4) is 0 Å². The summed E-state index contributed by atoms with van der Waals surface area (Å²) in [6.45, 7) is 4.63. The molecule has 0 saturated heterocycles. The van der Waals surface area contributed by atoms with Crippen molar-refractivity contribution in [3.63, 3.8) is 0 Å². The van der Waals surface area contributed by atoms with Gasteiger partial charge in [0.1, 0.15) is 12.1 Å². The molecule has 3 aromatic rings. The van der Waals surface area contributed by atoms with Crippen LogP contribution in [0.15, 0.2) is 47.9 Å². The maximum Gasteiger partial charge on any atom is 0.154 e. The normalized spacial score (nSPS) is 12.0. The van der Waals surface area contributed by atoms with Gasteiger partial charge in [-0.05, 0) is 35.7 Å². The van der Waals surface area contributed by atoms with E-state index in [2.05, 4.69) is 44.3 Å². The van der Waals surface area contributed by atoms with Crippen molar-refractivity contribution in [1.29, 1.82) is 0 Å². The number of nitrogens with one attached hydrogen (secondary N) is 1. The van der Waals surface area contributed by atoms with Gasteiger partial charge >= 0.3 is 0 Å². The molecule has 0 bridgehead atoms. The molecule has 0 saturated carbocycles. The SMILES string of the molecule is CC(C)c1cnnc(Nc2ccc3ncc(C(C=NCCC=O)=CN)cc3n2)c1. The van der Waals surface area contributed by atoms with E-state index in [-0.39, 0.29) is 0 Å². The molecule has 0 radical (unpaired) electrons. The zero-order chi connectivity index (χ0) is 20.6. The van der Waals surface area contributed by atoms with Crippen molar-refractivity contribution in [1.82, 2.24) is 20.2 Å². The summed E-state index contributed by atoms with van der Waals surface area (Å²) in [6.07, 6.45) is 7.79. The number of carbonyl (C=O) groups is 1. The molecule has 0 aromatic carbocycles. The molecule has 0 aliphatic carbocycles. The number of hydrogen-bond donors (Lipinski definition) is 2. The van der Waals surface area contributed by atoms with Crippen molar-refractivity contribution in [3.05, 3.63) is 54.0 Å². The van der Waals surface area contributed by atoms with Crippen LogP contribution in [0.1, 0.15) is 37.3 Å². The number of hydrogen-bond acceptors (Lipinski definition) is 8. The van der Waals surface area contributed by atoms with Gasteiger partial charge in [0.05, 0.1) is 17.2 Å². The van der Waals surface area contributed by atoms with Crippen molar-refractivity contribution in [2.75, 3.05) is 11.9 Å². The van der Waals surface area contributed by atoms with Gasteiger partial charge in [-0.2, -0.15) is 5.10 Å². The van der Waals surface area contributed by atoms with Crippen molar-refractivity contribution in [2.45, 2.75) is 26.2 Å². The Morgan fingerprint density at radius 2 is 2.07 bits per heavy atom. The van der Waals surface area contributed by atoms with Gasteiger partial charge in [-0.15, -0.1) is 5.10 Å². The summed E-state index contributed by atoms with van der Waals surface area (Å²) in [7, 11) is 0. The van der Waals surface area contributed by atoms with Gasteiger partial charge in [-0.1, -0.05) is 13.8 Å². The quantitative estimate of drug-likeness (QED) is 0.345. The Morgan fingerprint density at radius 1 is 1.21 bits per heavy atom. The molecule has 0 aliphatic heterocycles. The zero-order valence-electron chi connectivity index (χ0n) is 16.4. The first-order valence-corrected chi connectivity index (χ1v) is 9.33. The number of fused-ring (bicyclic) bond motifs is 1. The number of aldehydes is 1. The van der Waals surface area contributed by atoms with Crippen LogP contribution in [-0.2, 0) is 4.79 Å². The molecule has 0 fully saturated rings. The first kappa shape index (κ1) is 20.1. The molecule has 0 unspecified atom stereocenters. The smallest absolute Gasteiger partial charge is 0.154 e. The van der Waals surface area contributed by atoms with Crippen LogP contribution in [-0.4, -0.2) is 39.2 Å². The Balaban J connectivity index is 1.86. The molecule has 3 N–H and O–H groups in total. The Hall–Kier alpha value is -3.68. The third kappa shape index (κ3) is 5.19. The van der Waals surface area contributed by atoms with Crippen LogP contribution >= 0.6 is 0 Å². The van der Waals surface area contributed by atoms with Crippen LogP contribution in [0, 0.1) is 0 Å². The summed E-state index contributed by atoms with van der Waals surface area (Å²) < 4.78 is 0. The molecule has 29 heavy (non-hydrogen) atoms. The highest BCUT2D eigenvalue weighted by Crippen LogP contribution is 2.21. The fourth-order valence-electron chi connectivity index (χ4n) is 2.63. The Labute approximate surface area is 169 Å². The number of nitrogens with two attached hydrogens (primary N) is 1. The lowest BCUT2D eigenvalue weighted by atomic mass is 10.1. The Kier molecular flexibility index (Phi) is 6.57.